The highest BCUT2D eigenvalue weighted by Gasteiger charge is 2.36. The number of hydrogen-bond donors (Lipinski definition) is 1. The van der Waals surface area contributed by atoms with Crippen LogP contribution in [0.2, 0.25) is 0 Å². The second kappa shape index (κ2) is 6.34. The van der Waals surface area contributed by atoms with Crippen molar-refractivity contribution >= 4 is 21.4 Å². The molecule has 1 aromatic heterocycles. The van der Waals surface area contributed by atoms with Gasteiger partial charge >= 0.3 is 0 Å². The van der Waals surface area contributed by atoms with E-state index in [1.807, 2.05) is 6.07 Å². The van der Waals surface area contributed by atoms with Crippen LogP contribution in [0.4, 0.5) is 0 Å². The van der Waals surface area contributed by atoms with Gasteiger partial charge in [0, 0.05) is 24.0 Å². The Labute approximate surface area is 130 Å². The SMILES string of the molecule is NCCc1ccc(S(=O)(=O)N2CCC(N3CCCC3)C2)s1. The van der Waals surface area contributed by atoms with Crippen molar-refractivity contribution in [3.63, 3.8) is 0 Å². The Hall–Kier alpha value is -0.470. The second-order valence-electron chi connectivity index (χ2n) is 5.81. The summed E-state index contributed by atoms with van der Waals surface area (Å²) in [6.45, 7) is 4.09. The first-order chi connectivity index (χ1) is 10.1. The molecule has 2 aliphatic heterocycles. The first-order valence-electron chi connectivity index (χ1n) is 7.64. The molecule has 1 unspecified atom stereocenters. The maximum absolute atomic E-state index is 12.7. The normalized spacial score (nSPS) is 24.9. The predicted molar refractivity (Wildman–Crippen MR) is 85.0 cm³/mol. The summed E-state index contributed by atoms with van der Waals surface area (Å²) in [4.78, 5) is 3.50. The third-order valence-electron chi connectivity index (χ3n) is 4.41. The van der Waals surface area contributed by atoms with E-state index in [0.717, 1.165) is 30.8 Å². The quantitative estimate of drug-likeness (QED) is 0.879. The summed E-state index contributed by atoms with van der Waals surface area (Å²) in [6, 6.07) is 4.03. The number of likely N-dealkylation sites (tertiary alicyclic amines) is 1. The predicted octanol–water partition coefficient (Wildman–Crippen LogP) is 1.11. The van der Waals surface area contributed by atoms with Gasteiger partial charge in [-0.1, -0.05) is 0 Å². The molecule has 0 saturated carbocycles. The Morgan fingerprint density at radius 2 is 2.00 bits per heavy atom. The number of rotatable bonds is 5. The lowest BCUT2D eigenvalue weighted by molar-refractivity contribution is 0.251. The summed E-state index contributed by atoms with van der Waals surface area (Å²) in [5.41, 5.74) is 5.53. The van der Waals surface area contributed by atoms with Crippen molar-refractivity contribution in [2.24, 2.45) is 5.73 Å². The molecule has 3 rings (SSSR count). The molecular weight excluding hydrogens is 306 g/mol. The van der Waals surface area contributed by atoms with Gasteiger partial charge in [-0.25, -0.2) is 8.42 Å². The van der Waals surface area contributed by atoms with E-state index >= 15 is 0 Å². The summed E-state index contributed by atoms with van der Waals surface area (Å²) in [6.07, 6.45) is 4.20. The van der Waals surface area contributed by atoms with Crippen molar-refractivity contribution in [1.29, 1.82) is 0 Å². The molecule has 21 heavy (non-hydrogen) atoms. The second-order valence-corrected chi connectivity index (χ2v) is 9.14. The molecule has 0 bridgehead atoms. The molecule has 0 spiro atoms. The molecule has 0 aromatic carbocycles. The van der Waals surface area contributed by atoms with Gasteiger partial charge in [-0.05, 0) is 57.5 Å². The largest absolute Gasteiger partial charge is 0.330 e. The Bertz CT molecular complexity index is 579. The van der Waals surface area contributed by atoms with Gasteiger partial charge in [0.15, 0.2) is 0 Å². The molecule has 2 N–H and O–H groups in total. The fraction of sp³-hybridized carbons (Fsp3) is 0.714. The summed E-state index contributed by atoms with van der Waals surface area (Å²) in [5, 5.41) is 0. The Morgan fingerprint density at radius 3 is 2.71 bits per heavy atom. The third kappa shape index (κ3) is 3.17. The van der Waals surface area contributed by atoms with Gasteiger partial charge in [0.05, 0.1) is 0 Å². The minimum absolute atomic E-state index is 0.408. The topological polar surface area (TPSA) is 66.6 Å². The zero-order valence-electron chi connectivity index (χ0n) is 12.2. The van der Waals surface area contributed by atoms with Crippen LogP contribution in [-0.2, 0) is 16.4 Å². The number of hydrogen-bond acceptors (Lipinski definition) is 5. The first-order valence-corrected chi connectivity index (χ1v) is 9.90. The summed E-state index contributed by atoms with van der Waals surface area (Å²) in [5.74, 6) is 0. The minimum atomic E-state index is -3.31. The lowest BCUT2D eigenvalue weighted by Gasteiger charge is -2.23. The average molecular weight is 329 g/mol. The van der Waals surface area contributed by atoms with E-state index in [-0.39, 0.29) is 0 Å². The van der Waals surface area contributed by atoms with Crippen LogP contribution in [0.3, 0.4) is 0 Å². The van der Waals surface area contributed by atoms with Crippen LogP contribution in [0, 0.1) is 0 Å². The molecule has 2 saturated heterocycles. The van der Waals surface area contributed by atoms with Crippen LogP contribution in [-0.4, -0.2) is 56.4 Å². The van der Waals surface area contributed by atoms with Crippen molar-refractivity contribution in [3.8, 4) is 0 Å². The van der Waals surface area contributed by atoms with E-state index in [2.05, 4.69) is 4.90 Å². The van der Waals surface area contributed by atoms with Crippen molar-refractivity contribution in [2.75, 3.05) is 32.7 Å². The molecular formula is C14H23N3O2S2. The highest BCUT2D eigenvalue weighted by molar-refractivity contribution is 7.91. The summed E-state index contributed by atoms with van der Waals surface area (Å²) < 4.78 is 27.5. The van der Waals surface area contributed by atoms with Crippen LogP contribution in [0.5, 0.6) is 0 Å². The monoisotopic (exact) mass is 329 g/mol. The van der Waals surface area contributed by atoms with E-state index in [1.165, 1.54) is 24.2 Å². The Balaban J connectivity index is 1.70. The van der Waals surface area contributed by atoms with Gasteiger partial charge < -0.3 is 5.73 Å². The molecule has 5 nitrogen and oxygen atoms in total. The third-order valence-corrected chi connectivity index (χ3v) is 7.88. The summed E-state index contributed by atoms with van der Waals surface area (Å²) >= 11 is 1.36. The van der Waals surface area contributed by atoms with E-state index in [1.54, 1.807) is 10.4 Å². The molecule has 1 aromatic rings. The van der Waals surface area contributed by atoms with Gasteiger partial charge in [-0.2, -0.15) is 4.31 Å². The van der Waals surface area contributed by atoms with Crippen LogP contribution in [0.1, 0.15) is 24.1 Å². The number of nitrogens with two attached hydrogens (primary N) is 1. The Kier molecular flexibility index (Phi) is 4.66. The van der Waals surface area contributed by atoms with Crippen LogP contribution in [0.15, 0.2) is 16.3 Å². The minimum Gasteiger partial charge on any atom is -0.330 e. The highest BCUT2D eigenvalue weighted by atomic mass is 32.2. The van der Waals surface area contributed by atoms with E-state index in [0.29, 0.717) is 29.9 Å². The standard InChI is InChI=1S/C14H23N3O2S2/c15-7-5-13-3-4-14(20-13)21(18,19)17-10-6-12(11-17)16-8-1-2-9-16/h3-4,12H,1-2,5-11,15H2. The summed E-state index contributed by atoms with van der Waals surface area (Å²) in [7, 11) is -3.31. The van der Waals surface area contributed by atoms with Gasteiger partial charge in [0.25, 0.3) is 10.0 Å². The van der Waals surface area contributed by atoms with Crippen molar-refractivity contribution < 1.29 is 8.42 Å². The van der Waals surface area contributed by atoms with Crippen molar-refractivity contribution in [2.45, 2.75) is 35.9 Å². The Morgan fingerprint density at radius 1 is 1.24 bits per heavy atom. The molecule has 2 aliphatic rings. The van der Waals surface area contributed by atoms with E-state index < -0.39 is 10.0 Å². The first kappa shape index (κ1) is 15.4. The molecule has 0 amide bonds. The molecule has 7 heteroatoms. The van der Waals surface area contributed by atoms with Gasteiger partial charge in [-0.3, -0.25) is 4.90 Å². The smallest absolute Gasteiger partial charge is 0.252 e. The van der Waals surface area contributed by atoms with E-state index in [9.17, 15) is 8.42 Å². The van der Waals surface area contributed by atoms with Gasteiger partial charge in [-0.15, -0.1) is 11.3 Å². The van der Waals surface area contributed by atoms with Crippen LogP contribution in [0.25, 0.3) is 0 Å². The molecule has 2 fully saturated rings. The fourth-order valence-electron chi connectivity index (χ4n) is 3.23. The van der Waals surface area contributed by atoms with Crippen LogP contribution < -0.4 is 5.73 Å². The fourth-order valence-corrected chi connectivity index (χ4v) is 6.25. The maximum Gasteiger partial charge on any atom is 0.252 e. The number of sulfonamides is 1. The number of thiophene rings is 1. The molecule has 1 atom stereocenters. The lowest BCUT2D eigenvalue weighted by Crippen LogP contribution is -2.36. The van der Waals surface area contributed by atoms with Crippen LogP contribution >= 0.6 is 11.3 Å². The highest BCUT2D eigenvalue weighted by Crippen LogP contribution is 2.29. The van der Waals surface area contributed by atoms with Gasteiger partial charge in [0.1, 0.15) is 4.21 Å². The van der Waals surface area contributed by atoms with Crippen molar-refractivity contribution in [1.82, 2.24) is 9.21 Å². The maximum atomic E-state index is 12.7. The van der Waals surface area contributed by atoms with Crippen molar-refractivity contribution in [3.05, 3.63) is 17.0 Å². The number of nitrogens with zero attached hydrogens (tertiary/aromatic N) is 2. The molecule has 0 aliphatic carbocycles. The zero-order valence-corrected chi connectivity index (χ0v) is 13.8. The molecule has 3 heterocycles. The van der Waals surface area contributed by atoms with E-state index in [4.69, 9.17) is 5.73 Å². The molecule has 118 valence electrons. The average Bonchev–Trinajstić information content (AvgIpc) is 3.20. The zero-order chi connectivity index (χ0) is 14.9. The molecule has 0 radical (unpaired) electrons. The van der Waals surface area contributed by atoms with Gasteiger partial charge in [0.2, 0.25) is 0 Å². The lowest BCUT2D eigenvalue weighted by atomic mass is 10.2.